The number of hydrogen-bond acceptors (Lipinski definition) is 4. The second-order valence-corrected chi connectivity index (χ2v) is 7.64. The summed E-state index contributed by atoms with van der Waals surface area (Å²) in [6, 6.07) is 0. The molecule has 0 aromatic rings. The Morgan fingerprint density at radius 2 is 1.69 bits per heavy atom. The van der Waals surface area contributed by atoms with E-state index in [0.29, 0.717) is 32.7 Å². The predicted molar refractivity (Wildman–Crippen MR) is 100 cm³/mol. The largest absolute Gasteiger partial charge is 0.355 e. The molecular weight excluding hydrogens is 332 g/mol. The fourth-order valence-electron chi connectivity index (χ4n) is 3.85. The van der Waals surface area contributed by atoms with Crippen molar-refractivity contribution in [1.82, 2.24) is 15.1 Å². The third kappa shape index (κ3) is 5.19. The summed E-state index contributed by atoms with van der Waals surface area (Å²) in [6.07, 6.45) is 4.16. The van der Waals surface area contributed by atoms with Crippen molar-refractivity contribution in [2.24, 2.45) is 23.5 Å². The molecule has 0 aliphatic carbocycles. The molecule has 148 valence electrons. The fourth-order valence-corrected chi connectivity index (χ4v) is 3.85. The van der Waals surface area contributed by atoms with E-state index in [0.717, 1.165) is 38.6 Å². The Morgan fingerprint density at radius 1 is 1.08 bits per heavy atom. The van der Waals surface area contributed by atoms with E-state index in [1.165, 1.54) is 0 Å². The first kappa shape index (κ1) is 20.7. The van der Waals surface area contributed by atoms with Gasteiger partial charge in [-0.05, 0) is 32.1 Å². The molecular formula is C19H34N4O3. The third-order valence-corrected chi connectivity index (χ3v) is 5.66. The smallest absolute Gasteiger partial charge is 0.227 e. The molecule has 7 heteroatoms. The lowest BCUT2D eigenvalue weighted by Gasteiger charge is -2.38. The number of hydrogen-bond donors (Lipinski definition) is 2. The summed E-state index contributed by atoms with van der Waals surface area (Å²) in [6.45, 7) is 7.30. The van der Waals surface area contributed by atoms with Crippen molar-refractivity contribution >= 4 is 17.7 Å². The molecule has 2 fully saturated rings. The summed E-state index contributed by atoms with van der Waals surface area (Å²) in [5.41, 5.74) is 5.44. The Labute approximate surface area is 156 Å². The predicted octanol–water partition coefficient (Wildman–Crippen LogP) is 0.585. The summed E-state index contributed by atoms with van der Waals surface area (Å²) in [5, 5.41) is 2.83. The molecule has 0 saturated carbocycles. The molecule has 0 aromatic carbocycles. The van der Waals surface area contributed by atoms with Gasteiger partial charge in [0.1, 0.15) is 0 Å². The number of nitrogens with zero attached hydrogens (tertiary/aromatic N) is 2. The molecule has 7 nitrogen and oxygen atoms in total. The van der Waals surface area contributed by atoms with Crippen molar-refractivity contribution < 1.29 is 14.4 Å². The van der Waals surface area contributed by atoms with E-state index in [4.69, 9.17) is 5.73 Å². The van der Waals surface area contributed by atoms with Crippen molar-refractivity contribution in [2.75, 3.05) is 39.3 Å². The minimum absolute atomic E-state index is 0.00876. The Kier molecular flexibility index (Phi) is 7.87. The highest BCUT2D eigenvalue weighted by Gasteiger charge is 2.35. The maximum atomic E-state index is 13.0. The van der Waals surface area contributed by atoms with Crippen LogP contribution in [0.2, 0.25) is 0 Å². The molecule has 2 aliphatic heterocycles. The van der Waals surface area contributed by atoms with Crippen LogP contribution in [0, 0.1) is 17.8 Å². The van der Waals surface area contributed by atoms with Gasteiger partial charge < -0.3 is 20.9 Å². The highest BCUT2D eigenvalue weighted by molar-refractivity contribution is 5.84. The van der Waals surface area contributed by atoms with Crippen LogP contribution < -0.4 is 11.1 Å². The zero-order valence-electron chi connectivity index (χ0n) is 16.2. The van der Waals surface area contributed by atoms with Crippen LogP contribution in [-0.2, 0) is 14.4 Å². The van der Waals surface area contributed by atoms with Crippen LogP contribution in [-0.4, -0.2) is 66.8 Å². The van der Waals surface area contributed by atoms with Crippen molar-refractivity contribution in [1.29, 1.82) is 0 Å². The minimum atomic E-state index is -0.152. The molecule has 0 spiro atoms. The van der Waals surface area contributed by atoms with E-state index < -0.39 is 0 Å². The van der Waals surface area contributed by atoms with Gasteiger partial charge in [-0.25, -0.2) is 0 Å². The first-order valence-electron chi connectivity index (χ1n) is 10.0. The zero-order chi connectivity index (χ0) is 19.1. The van der Waals surface area contributed by atoms with Gasteiger partial charge >= 0.3 is 0 Å². The monoisotopic (exact) mass is 366 g/mol. The summed E-state index contributed by atoms with van der Waals surface area (Å²) < 4.78 is 0. The second-order valence-electron chi connectivity index (χ2n) is 7.64. The molecule has 0 bridgehead atoms. The van der Waals surface area contributed by atoms with Gasteiger partial charge in [0.2, 0.25) is 17.7 Å². The number of rotatable bonds is 6. The topological polar surface area (TPSA) is 95.7 Å². The molecule has 2 aliphatic rings. The van der Waals surface area contributed by atoms with Crippen molar-refractivity contribution in [3.05, 3.63) is 0 Å². The Balaban J connectivity index is 1.92. The number of nitrogens with one attached hydrogen (secondary N) is 1. The van der Waals surface area contributed by atoms with Crippen molar-refractivity contribution in [3.63, 3.8) is 0 Å². The van der Waals surface area contributed by atoms with E-state index in [1.807, 2.05) is 23.6 Å². The van der Waals surface area contributed by atoms with Crippen molar-refractivity contribution in [3.8, 4) is 0 Å². The number of piperidine rings is 2. The number of nitrogens with two attached hydrogens (primary N) is 1. The highest BCUT2D eigenvalue weighted by Crippen LogP contribution is 2.24. The molecule has 3 atom stereocenters. The van der Waals surface area contributed by atoms with Gasteiger partial charge in [0.05, 0.1) is 11.8 Å². The van der Waals surface area contributed by atoms with E-state index >= 15 is 0 Å². The Morgan fingerprint density at radius 3 is 2.35 bits per heavy atom. The summed E-state index contributed by atoms with van der Waals surface area (Å²) >= 11 is 0. The average molecular weight is 367 g/mol. The minimum Gasteiger partial charge on any atom is -0.355 e. The molecule has 3 unspecified atom stereocenters. The highest BCUT2D eigenvalue weighted by atomic mass is 16.2. The summed E-state index contributed by atoms with van der Waals surface area (Å²) in [5.74, 6) is -0.0337. The molecule has 0 radical (unpaired) electrons. The Hall–Kier alpha value is -1.63. The van der Waals surface area contributed by atoms with E-state index in [-0.39, 0.29) is 35.5 Å². The fraction of sp³-hybridized carbons (Fsp3) is 0.842. The van der Waals surface area contributed by atoms with Crippen LogP contribution in [0.4, 0.5) is 0 Å². The van der Waals surface area contributed by atoms with Crippen LogP contribution in [0.5, 0.6) is 0 Å². The van der Waals surface area contributed by atoms with Crippen LogP contribution in [0.1, 0.15) is 46.0 Å². The first-order valence-corrected chi connectivity index (χ1v) is 10.0. The maximum Gasteiger partial charge on any atom is 0.227 e. The number of carbonyl (C=O) groups is 3. The summed E-state index contributed by atoms with van der Waals surface area (Å²) in [7, 11) is 0. The van der Waals surface area contributed by atoms with Crippen LogP contribution in [0.25, 0.3) is 0 Å². The number of likely N-dealkylation sites (tertiary alicyclic amines) is 2. The Bertz CT molecular complexity index is 511. The third-order valence-electron chi connectivity index (χ3n) is 5.66. The van der Waals surface area contributed by atoms with Gasteiger partial charge in [-0.15, -0.1) is 0 Å². The molecule has 0 aromatic heterocycles. The van der Waals surface area contributed by atoms with Gasteiger partial charge in [-0.1, -0.05) is 13.8 Å². The maximum absolute atomic E-state index is 13.0. The number of amides is 3. The van der Waals surface area contributed by atoms with Crippen molar-refractivity contribution in [2.45, 2.75) is 46.0 Å². The van der Waals surface area contributed by atoms with Gasteiger partial charge in [0.15, 0.2) is 0 Å². The molecule has 3 N–H and O–H groups in total. The lowest BCUT2D eigenvalue weighted by Crippen LogP contribution is -2.51. The van der Waals surface area contributed by atoms with E-state index in [2.05, 4.69) is 5.32 Å². The zero-order valence-corrected chi connectivity index (χ0v) is 16.2. The van der Waals surface area contributed by atoms with E-state index in [1.54, 1.807) is 0 Å². The lowest BCUT2D eigenvalue weighted by atomic mass is 9.92. The van der Waals surface area contributed by atoms with Crippen LogP contribution >= 0.6 is 0 Å². The van der Waals surface area contributed by atoms with Gasteiger partial charge in [0.25, 0.3) is 0 Å². The van der Waals surface area contributed by atoms with Crippen LogP contribution in [0.15, 0.2) is 0 Å². The molecule has 2 rings (SSSR count). The van der Waals surface area contributed by atoms with Gasteiger partial charge in [-0.3, -0.25) is 14.4 Å². The van der Waals surface area contributed by atoms with Crippen LogP contribution in [0.3, 0.4) is 0 Å². The van der Waals surface area contributed by atoms with E-state index in [9.17, 15) is 14.4 Å². The normalized spacial score (nSPS) is 24.9. The summed E-state index contributed by atoms with van der Waals surface area (Å²) in [4.78, 5) is 41.3. The number of carbonyl (C=O) groups excluding carboxylic acids is 3. The first-order chi connectivity index (χ1) is 12.5. The van der Waals surface area contributed by atoms with Gasteiger partial charge in [-0.2, -0.15) is 0 Å². The lowest BCUT2D eigenvalue weighted by molar-refractivity contribution is -0.144. The SMILES string of the molecule is CCC(C)C(=O)N1CCCC(C(=O)N2CCCC(C(=O)NCCN)C2)C1. The molecule has 2 heterocycles. The quantitative estimate of drug-likeness (QED) is 0.719. The second kappa shape index (κ2) is 9.90. The molecule has 2 saturated heterocycles. The average Bonchev–Trinajstić information content (AvgIpc) is 2.70. The molecule has 26 heavy (non-hydrogen) atoms. The molecule has 3 amide bonds. The van der Waals surface area contributed by atoms with Gasteiger partial charge in [0, 0.05) is 45.2 Å². The standard InChI is InChI=1S/C19H34N4O3/c1-3-14(2)18(25)22-10-5-7-16(13-22)19(26)23-11-4-6-15(12-23)17(24)21-9-8-20/h14-16H,3-13,20H2,1-2H3,(H,21,24).